The molecule has 26 heavy (non-hydrogen) atoms. The third kappa shape index (κ3) is 2.72. The molecule has 3 atom stereocenters. The van der Waals surface area contributed by atoms with E-state index in [-0.39, 0.29) is 6.04 Å². The van der Waals surface area contributed by atoms with Crippen molar-refractivity contribution >= 4 is 50.9 Å². The highest BCUT2D eigenvalue weighted by Crippen LogP contribution is 2.40. The lowest BCUT2D eigenvalue weighted by Gasteiger charge is -2.39. The van der Waals surface area contributed by atoms with Gasteiger partial charge in [-0.1, -0.05) is 18.2 Å². The van der Waals surface area contributed by atoms with Crippen molar-refractivity contribution in [3.8, 4) is 0 Å². The van der Waals surface area contributed by atoms with Crippen LogP contribution < -0.4 is 5.32 Å². The van der Waals surface area contributed by atoms with Crippen LogP contribution in [0, 0.1) is 5.92 Å². The Kier molecular flexibility index (Phi) is 4.08. The normalized spacial score (nSPS) is 24.5. The molecule has 136 valence electrons. The molecule has 1 amide bonds. The number of nitrogens with zero attached hydrogens (tertiary/aromatic N) is 1. The molecule has 1 aromatic heterocycles. The summed E-state index contributed by atoms with van der Waals surface area (Å²) >= 11 is 1.31. The van der Waals surface area contributed by atoms with Crippen molar-refractivity contribution in [1.29, 1.82) is 0 Å². The number of carboxylic acids is 1. The Morgan fingerprint density at radius 3 is 2.92 bits per heavy atom. The quantitative estimate of drug-likeness (QED) is 0.236. The number of nitrogens with one attached hydrogen (secondary N) is 2. The van der Waals surface area contributed by atoms with E-state index in [0.717, 1.165) is 23.1 Å². The van der Waals surface area contributed by atoms with E-state index in [2.05, 4.69) is 21.3 Å². The van der Waals surface area contributed by atoms with Crippen molar-refractivity contribution in [1.82, 2.24) is 15.2 Å². The Morgan fingerprint density at radius 2 is 2.19 bits per heavy atom. The molecule has 0 saturated heterocycles. The van der Waals surface area contributed by atoms with Crippen LogP contribution in [0.4, 0.5) is 0 Å². The molecule has 2 aliphatic rings. The molecular formula is C18H18IN3O4. The third-order valence-corrected chi connectivity index (χ3v) is 5.91. The van der Waals surface area contributed by atoms with Gasteiger partial charge in [-0.2, -0.15) is 0 Å². The first kappa shape index (κ1) is 17.5. The average molecular weight is 467 g/mol. The fourth-order valence-corrected chi connectivity index (χ4v) is 4.19. The summed E-state index contributed by atoms with van der Waals surface area (Å²) in [5.74, 6) is -2.54. The molecule has 0 radical (unpaired) electrons. The summed E-state index contributed by atoms with van der Waals surface area (Å²) in [5.41, 5.74) is 4.50. The van der Waals surface area contributed by atoms with Crippen LogP contribution in [0.1, 0.15) is 11.1 Å². The molecule has 1 aromatic carbocycles. The minimum atomic E-state index is -2.32. The Balaban J connectivity index is 1.72. The Labute approximate surface area is 163 Å². The van der Waals surface area contributed by atoms with Crippen LogP contribution in [0.2, 0.25) is 0 Å². The molecule has 0 fully saturated rings. The number of hydrogen-bond acceptors (Lipinski definition) is 4. The lowest BCUT2D eigenvalue weighted by molar-refractivity contribution is -0.153. The molecule has 2 aromatic rings. The van der Waals surface area contributed by atoms with E-state index in [1.165, 1.54) is 33.5 Å². The number of alkyl halides is 1. The summed E-state index contributed by atoms with van der Waals surface area (Å²) in [5, 5.41) is 22.2. The second-order valence-electron chi connectivity index (χ2n) is 6.85. The molecular weight excluding hydrogens is 449 g/mol. The minimum Gasteiger partial charge on any atom is -0.477 e. The Morgan fingerprint density at radius 1 is 1.42 bits per heavy atom. The first-order chi connectivity index (χ1) is 12.3. The standard InChI is InChI=1S/C18H18IN3O4/c1-22-8-10(16(23)21-18(19,26)17(24)25)5-12-11-3-2-4-13-15(11)9(7-20-13)6-14(12)22/h2-5,7,10,14,20,26H,6,8H2,1H3,(H,21,23)(H,24,25)/t10-,14-,18+/m1/s1. The summed E-state index contributed by atoms with van der Waals surface area (Å²) in [4.78, 5) is 29.0. The predicted molar refractivity (Wildman–Crippen MR) is 105 cm³/mol. The maximum absolute atomic E-state index is 12.6. The number of amides is 1. The van der Waals surface area contributed by atoms with Gasteiger partial charge in [0.05, 0.1) is 5.92 Å². The zero-order valence-corrected chi connectivity index (χ0v) is 16.1. The van der Waals surface area contributed by atoms with Crippen molar-refractivity contribution in [3.05, 3.63) is 41.6 Å². The molecule has 0 unspecified atom stereocenters. The zero-order valence-electron chi connectivity index (χ0n) is 14.0. The first-order valence-electron chi connectivity index (χ1n) is 8.26. The van der Waals surface area contributed by atoms with E-state index in [1.807, 2.05) is 31.5 Å². The van der Waals surface area contributed by atoms with Gasteiger partial charge in [0.1, 0.15) is 0 Å². The smallest absolute Gasteiger partial charge is 0.368 e. The lowest BCUT2D eigenvalue weighted by atomic mass is 9.80. The lowest BCUT2D eigenvalue weighted by Crippen LogP contribution is -2.54. The van der Waals surface area contributed by atoms with Gasteiger partial charge in [0.25, 0.3) is 3.73 Å². The van der Waals surface area contributed by atoms with E-state index in [1.54, 1.807) is 0 Å². The molecule has 1 aliphatic carbocycles. The van der Waals surface area contributed by atoms with Crippen molar-refractivity contribution in [3.63, 3.8) is 0 Å². The number of halogens is 1. The molecule has 0 saturated carbocycles. The van der Waals surface area contributed by atoms with Gasteiger partial charge < -0.3 is 20.5 Å². The average Bonchev–Trinajstić information content (AvgIpc) is 2.99. The highest BCUT2D eigenvalue weighted by Gasteiger charge is 2.39. The molecule has 0 spiro atoms. The fourth-order valence-electron chi connectivity index (χ4n) is 3.92. The van der Waals surface area contributed by atoms with Gasteiger partial charge in [-0.3, -0.25) is 9.69 Å². The number of aliphatic carboxylic acids is 1. The van der Waals surface area contributed by atoms with Gasteiger partial charge in [0.15, 0.2) is 0 Å². The largest absolute Gasteiger partial charge is 0.477 e. The molecule has 8 heteroatoms. The van der Waals surface area contributed by atoms with E-state index in [0.29, 0.717) is 6.54 Å². The van der Waals surface area contributed by atoms with Gasteiger partial charge in [-0.15, -0.1) is 0 Å². The number of H-pyrrole nitrogens is 1. The van der Waals surface area contributed by atoms with Crippen LogP contribution in [-0.4, -0.2) is 55.3 Å². The highest BCUT2D eigenvalue weighted by molar-refractivity contribution is 14.1. The van der Waals surface area contributed by atoms with Crippen LogP contribution in [-0.2, 0) is 16.0 Å². The van der Waals surface area contributed by atoms with Crippen molar-refractivity contribution in [2.24, 2.45) is 5.92 Å². The van der Waals surface area contributed by atoms with Crippen LogP contribution in [0.3, 0.4) is 0 Å². The van der Waals surface area contributed by atoms with Gasteiger partial charge in [-0.05, 0) is 58.8 Å². The monoisotopic (exact) mass is 467 g/mol. The summed E-state index contributed by atoms with van der Waals surface area (Å²) in [6.07, 6.45) is 4.82. The molecule has 7 nitrogen and oxygen atoms in total. The van der Waals surface area contributed by atoms with E-state index >= 15 is 0 Å². The topological polar surface area (TPSA) is 106 Å². The van der Waals surface area contributed by atoms with E-state index in [4.69, 9.17) is 5.11 Å². The van der Waals surface area contributed by atoms with Crippen molar-refractivity contribution < 1.29 is 19.8 Å². The molecule has 4 rings (SSSR count). The van der Waals surface area contributed by atoms with Crippen LogP contribution in [0.5, 0.6) is 0 Å². The van der Waals surface area contributed by atoms with Gasteiger partial charge in [0, 0.05) is 29.7 Å². The summed E-state index contributed by atoms with van der Waals surface area (Å²) < 4.78 is -2.32. The number of aromatic nitrogens is 1. The Hall–Kier alpha value is -1.91. The SMILES string of the molecule is CN1C[C@H](C(=O)N[C@@](O)(I)C(=O)O)C=C2c3cccc4[nH]cc(c34)C[C@H]21. The van der Waals surface area contributed by atoms with Gasteiger partial charge >= 0.3 is 5.97 Å². The van der Waals surface area contributed by atoms with Crippen LogP contribution in [0.25, 0.3) is 16.5 Å². The van der Waals surface area contributed by atoms with Gasteiger partial charge in [0.2, 0.25) is 5.91 Å². The van der Waals surface area contributed by atoms with Crippen molar-refractivity contribution in [2.45, 2.75) is 16.2 Å². The number of aliphatic hydroxyl groups is 1. The molecule has 1 aliphatic heterocycles. The number of carbonyl (C=O) groups is 2. The first-order valence-corrected chi connectivity index (χ1v) is 9.34. The number of carboxylic acid groups (broad SMARTS) is 1. The minimum absolute atomic E-state index is 0.172. The van der Waals surface area contributed by atoms with Crippen LogP contribution >= 0.6 is 22.6 Å². The Bertz CT molecular complexity index is 949. The highest BCUT2D eigenvalue weighted by atomic mass is 127. The number of fused-ring (bicyclic) bond motifs is 2. The maximum atomic E-state index is 12.6. The number of carbonyl (C=O) groups excluding carboxylic acids is 1. The fraction of sp³-hybridized carbons (Fsp3) is 0.333. The number of rotatable bonds is 3. The molecule has 4 N–H and O–H groups in total. The van der Waals surface area contributed by atoms with Gasteiger partial charge in [-0.25, -0.2) is 4.79 Å². The van der Waals surface area contributed by atoms with E-state index in [9.17, 15) is 14.7 Å². The summed E-state index contributed by atoms with van der Waals surface area (Å²) in [7, 11) is 1.96. The number of likely N-dealkylation sites (N-methyl/N-ethyl adjacent to an activating group) is 1. The predicted octanol–water partition coefficient (Wildman–Crippen LogP) is 1.32. The van der Waals surface area contributed by atoms with Crippen LogP contribution in [0.15, 0.2) is 30.5 Å². The number of benzene rings is 1. The zero-order chi connectivity index (χ0) is 18.6. The molecule has 0 bridgehead atoms. The summed E-state index contributed by atoms with van der Waals surface area (Å²) in [6, 6.07) is 6.24. The second kappa shape index (κ2) is 6.07. The number of aromatic amines is 1. The number of hydrogen-bond donors (Lipinski definition) is 4. The second-order valence-corrected chi connectivity index (χ2v) is 8.41. The van der Waals surface area contributed by atoms with E-state index < -0.39 is 21.5 Å². The summed E-state index contributed by atoms with van der Waals surface area (Å²) in [6.45, 7) is 0.460. The van der Waals surface area contributed by atoms with Crippen molar-refractivity contribution in [2.75, 3.05) is 13.6 Å². The maximum Gasteiger partial charge on any atom is 0.368 e. The molecule has 2 heterocycles. The third-order valence-electron chi connectivity index (χ3n) is 5.18.